The number of carbonyl (C=O) groups excluding carboxylic acids is 2. The van der Waals surface area contributed by atoms with E-state index in [1.54, 1.807) is 6.07 Å². The van der Waals surface area contributed by atoms with Crippen molar-refractivity contribution in [2.24, 2.45) is 0 Å². The second-order valence-corrected chi connectivity index (χ2v) is 6.24. The van der Waals surface area contributed by atoms with Crippen LogP contribution in [0.15, 0.2) is 18.2 Å². The van der Waals surface area contributed by atoms with Crippen LogP contribution in [0.3, 0.4) is 0 Å². The SMILES string of the molecule is CCNC(=O)CCC(=O)N[C@H]1CCCN(c2ccc(F)cc2C)C1. The number of piperidine rings is 1. The molecule has 1 aromatic carbocycles. The Morgan fingerprint density at radius 1 is 1.29 bits per heavy atom. The van der Waals surface area contributed by atoms with Crippen molar-refractivity contribution in [1.29, 1.82) is 0 Å². The third kappa shape index (κ3) is 5.22. The van der Waals surface area contributed by atoms with Crippen molar-refractivity contribution < 1.29 is 14.0 Å². The maximum Gasteiger partial charge on any atom is 0.220 e. The molecular weight excluding hydrogens is 309 g/mol. The number of hydrogen-bond donors (Lipinski definition) is 2. The summed E-state index contributed by atoms with van der Waals surface area (Å²) in [5, 5.41) is 5.70. The molecule has 2 N–H and O–H groups in total. The van der Waals surface area contributed by atoms with Crippen molar-refractivity contribution >= 4 is 17.5 Å². The zero-order valence-electron chi connectivity index (χ0n) is 14.4. The van der Waals surface area contributed by atoms with Gasteiger partial charge in [0.25, 0.3) is 0 Å². The Hall–Kier alpha value is -2.11. The smallest absolute Gasteiger partial charge is 0.220 e. The summed E-state index contributed by atoms with van der Waals surface area (Å²) < 4.78 is 13.3. The van der Waals surface area contributed by atoms with Crippen LogP contribution in [0.2, 0.25) is 0 Å². The molecule has 2 rings (SSSR count). The molecule has 1 atom stereocenters. The van der Waals surface area contributed by atoms with E-state index in [-0.39, 0.29) is 36.5 Å². The lowest BCUT2D eigenvalue weighted by atomic mass is 10.0. The summed E-state index contributed by atoms with van der Waals surface area (Å²) in [6.45, 7) is 5.94. The molecule has 0 spiro atoms. The second-order valence-electron chi connectivity index (χ2n) is 6.24. The molecule has 5 nitrogen and oxygen atoms in total. The average Bonchev–Trinajstić information content (AvgIpc) is 2.53. The van der Waals surface area contributed by atoms with Gasteiger partial charge in [-0.3, -0.25) is 9.59 Å². The van der Waals surface area contributed by atoms with Gasteiger partial charge in [0.05, 0.1) is 0 Å². The van der Waals surface area contributed by atoms with Crippen molar-refractivity contribution in [2.45, 2.75) is 45.6 Å². The third-order valence-electron chi connectivity index (χ3n) is 4.24. The molecule has 132 valence electrons. The van der Waals surface area contributed by atoms with Gasteiger partial charge in [-0.2, -0.15) is 0 Å². The predicted molar refractivity (Wildman–Crippen MR) is 92.4 cm³/mol. The topological polar surface area (TPSA) is 61.4 Å². The van der Waals surface area contributed by atoms with Crippen molar-refractivity contribution in [2.75, 3.05) is 24.5 Å². The summed E-state index contributed by atoms with van der Waals surface area (Å²) >= 11 is 0. The van der Waals surface area contributed by atoms with Gasteiger partial charge in [0.2, 0.25) is 11.8 Å². The number of halogens is 1. The summed E-state index contributed by atoms with van der Waals surface area (Å²) in [6, 6.07) is 4.86. The van der Waals surface area contributed by atoms with Gasteiger partial charge in [0, 0.05) is 44.2 Å². The molecule has 24 heavy (non-hydrogen) atoms. The van der Waals surface area contributed by atoms with Gasteiger partial charge in [-0.1, -0.05) is 0 Å². The Bertz CT molecular complexity index is 592. The highest BCUT2D eigenvalue weighted by atomic mass is 19.1. The van der Waals surface area contributed by atoms with E-state index >= 15 is 0 Å². The molecular formula is C18H26FN3O2. The van der Waals surface area contributed by atoms with Gasteiger partial charge in [-0.15, -0.1) is 0 Å². The van der Waals surface area contributed by atoms with Crippen LogP contribution < -0.4 is 15.5 Å². The van der Waals surface area contributed by atoms with Gasteiger partial charge < -0.3 is 15.5 Å². The zero-order chi connectivity index (χ0) is 17.5. The van der Waals surface area contributed by atoms with E-state index in [4.69, 9.17) is 0 Å². The lowest BCUT2D eigenvalue weighted by molar-refractivity contribution is -0.126. The summed E-state index contributed by atoms with van der Waals surface area (Å²) in [7, 11) is 0. The minimum atomic E-state index is -0.233. The molecule has 1 saturated heterocycles. The molecule has 0 bridgehead atoms. The highest BCUT2D eigenvalue weighted by Gasteiger charge is 2.22. The van der Waals surface area contributed by atoms with Crippen LogP contribution in [0.1, 0.15) is 38.2 Å². The van der Waals surface area contributed by atoms with Crippen molar-refractivity contribution in [3.05, 3.63) is 29.6 Å². The Kier molecular flexibility index (Phi) is 6.58. The molecule has 2 amide bonds. The lowest BCUT2D eigenvalue weighted by Crippen LogP contribution is -2.48. The fraction of sp³-hybridized carbons (Fsp3) is 0.556. The highest BCUT2D eigenvalue weighted by molar-refractivity contribution is 5.83. The van der Waals surface area contributed by atoms with Crippen LogP contribution in [0, 0.1) is 12.7 Å². The van der Waals surface area contributed by atoms with Gasteiger partial charge >= 0.3 is 0 Å². The first kappa shape index (κ1) is 18.2. The highest BCUT2D eigenvalue weighted by Crippen LogP contribution is 2.24. The number of hydrogen-bond acceptors (Lipinski definition) is 3. The maximum absolute atomic E-state index is 13.3. The molecule has 1 fully saturated rings. The number of benzene rings is 1. The van der Waals surface area contributed by atoms with Gasteiger partial charge in [0.1, 0.15) is 5.82 Å². The number of anilines is 1. The van der Waals surface area contributed by atoms with Crippen molar-refractivity contribution in [3.8, 4) is 0 Å². The summed E-state index contributed by atoms with van der Waals surface area (Å²) in [5.74, 6) is -0.424. The number of nitrogens with one attached hydrogen (secondary N) is 2. The molecule has 1 aliphatic heterocycles. The maximum atomic E-state index is 13.3. The lowest BCUT2D eigenvalue weighted by Gasteiger charge is -2.35. The standard InChI is InChI=1S/C18H26FN3O2/c1-3-20-17(23)8-9-18(24)21-15-5-4-10-22(12-15)16-7-6-14(19)11-13(16)2/h6-7,11,15H,3-5,8-10,12H2,1-2H3,(H,20,23)(H,21,24)/t15-/m0/s1. The number of amides is 2. The van der Waals surface area contributed by atoms with E-state index in [0.29, 0.717) is 13.1 Å². The first-order valence-electron chi connectivity index (χ1n) is 8.56. The molecule has 0 saturated carbocycles. The quantitative estimate of drug-likeness (QED) is 0.837. The fourth-order valence-corrected chi connectivity index (χ4v) is 3.10. The van der Waals surface area contributed by atoms with Crippen molar-refractivity contribution in [3.63, 3.8) is 0 Å². The van der Waals surface area contributed by atoms with Crippen LogP contribution in [-0.2, 0) is 9.59 Å². The summed E-state index contributed by atoms with van der Waals surface area (Å²) in [5.41, 5.74) is 1.91. The Labute approximate surface area is 142 Å². The summed E-state index contributed by atoms with van der Waals surface area (Å²) in [6.07, 6.45) is 2.31. The van der Waals surface area contributed by atoms with E-state index in [1.165, 1.54) is 12.1 Å². The molecule has 0 aliphatic carbocycles. The molecule has 1 aromatic rings. The van der Waals surface area contributed by atoms with E-state index < -0.39 is 0 Å². The molecule has 0 aromatic heterocycles. The summed E-state index contributed by atoms with van der Waals surface area (Å²) in [4.78, 5) is 25.6. The number of aryl methyl sites for hydroxylation is 1. The normalized spacial score (nSPS) is 17.5. The van der Waals surface area contributed by atoms with Crippen LogP contribution in [0.5, 0.6) is 0 Å². The van der Waals surface area contributed by atoms with Crippen molar-refractivity contribution in [1.82, 2.24) is 10.6 Å². The van der Waals surface area contributed by atoms with Gasteiger partial charge in [-0.05, 0) is 50.5 Å². The molecule has 0 unspecified atom stereocenters. The second kappa shape index (κ2) is 8.66. The largest absolute Gasteiger partial charge is 0.369 e. The monoisotopic (exact) mass is 335 g/mol. The minimum Gasteiger partial charge on any atom is -0.369 e. The first-order valence-corrected chi connectivity index (χ1v) is 8.56. The molecule has 6 heteroatoms. The van der Waals surface area contributed by atoms with E-state index in [0.717, 1.165) is 30.6 Å². The molecule has 1 heterocycles. The first-order chi connectivity index (χ1) is 11.5. The fourth-order valence-electron chi connectivity index (χ4n) is 3.10. The molecule has 1 aliphatic rings. The zero-order valence-corrected chi connectivity index (χ0v) is 14.4. The minimum absolute atomic E-state index is 0.0601. The van der Waals surface area contributed by atoms with E-state index in [2.05, 4.69) is 15.5 Å². The number of carbonyl (C=O) groups is 2. The third-order valence-corrected chi connectivity index (χ3v) is 4.24. The van der Waals surface area contributed by atoms with Crippen LogP contribution in [0.25, 0.3) is 0 Å². The number of nitrogens with zero attached hydrogens (tertiary/aromatic N) is 1. The predicted octanol–water partition coefficient (Wildman–Crippen LogP) is 2.14. The van der Waals surface area contributed by atoms with Crippen LogP contribution in [-0.4, -0.2) is 37.5 Å². The molecule has 0 radical (unpaired) electrons. The van der Waals surface area contributed by atoms with Crippen LogP contribution in [0.4, 0.5) is 10.1 Å². The van der Waals surface area contributed by atoms with Gasteiger partial charge in [0.15, 0.2) is 0 Å². The van der Waals surface area contributed by atoms with Crippen LogP contribution >= 0.6 is 0 Å². The Morgan fingerprint density at radius 2 is 2.04 bits per heavy atom. The Morgan fingerprint density at radius 3 is 2.75 bits per heavy atom. The number of rotatable bonds is 6. The Balaban J connectivity index is 1.86. The van der Waals surface area contributed by atoms with E-state index in [9.17, 15) is 14.0 Å². The van der Waals surface area contributed by atoms with Gasteiger partial charge in [-0.25, -0.2) is 4.39 Å². The average molecular weight is 335 g/mol. The van der Waals surface area contributed by atoms with E-state index in [1.807, 2.05) is 13.8 Å².